The fourth-order valence-corrected chi connectivity index (χ4v) is 4.58. The van der Waals surface area contributed by atoms with Gasteiger partial charge in [0.2, 0.25) is 0 Å². The molecule has 2 heterocycles. The molecular formula is C25H27ClFN5O4. The van der Waals surface area contributed by atoms with Crippen molar-refractivity contribution in [3.63, 3.8) is 0 Å². The van der Waals surface area contributed by atoms with Crippen LogP contribution in [-0.2, 0) is 11.2 Å². The topological polar surface area (TPSA) is 131 Å². The van der Waals surface area contributed by atoms with Crippen LogP contribution >= 0.6 is 11.6 Å². The third kappa shape index (κ3) is 6.26. The highest BCUT2D eigenvalue weighted by Gasteiger charge is 2.33. The van der Waals surface area contributed by atoms with Gasteiger partial charge in [-0.2, -0.15) is 0 Å². The van der Waals surface area contributed by atoms with E-state index in [2.05, 4.69) is 20.7 Å². The van der Waals surface area contributed by atoms with E-state index in [0.29, 0.717) is 22.6 Å². The van der Waals surface area contributed by atoms with Crippen LogP contribution in [0.5, 0.6) is 0 Å². The maximum atomic E-state index is 14.3. The minimum atomic E-state index is -0.965. The molecular weight excluding hydrogens is 489 g/mol. The van der Waals surface area contributed by atoms with Crippen LogP contribution < -0.4 is 5.32 Å². The monoisotopic (exact) mass is 515 g/mol. The van der Waals surface area contributed by atoms with E-state index in [1.54, 1.807) is 18.2 Å². The van der Waals surface area contributed by atoms with Crippen LogP contribution in [-0.4, -0.2) is 74.2 Å². The number of aliphatic carboxylic acids is 1. The normalized spacial score (nSPS) is 17.2. The van der Waals surface area contributed by atoms with Crippen molar-refractivity contribution in [2.75, 3.05) is 19.7 Å². The van der Waals surface area contributed by atoms with Gasteiger partial charge >= 0.3 is 5.97 Å². The van der Waals surface area contributed by atoms with Crippen molar-refractivity contribution in [2.45, 2.75) is 31.3 Å². The molecule has 1 aliphatic rings. The van der Waals surface area contributed by atoms with Gasteiger partial charge in [-0.15, -0.1) is 5.10 Å². The SMILES string of the molecule is O=C(N[C@H](Cc1ccc(-c2cc(Cl)ccc2F)cc1)C[C@@H](CN1CC[C@H]1CO)C(=O)O)c1cnn[nH]1. The fourth-order valence-electron chi connectivity index (χ4n) is 4.41. The molecule has 1 aromatic heterocycles. The Bertz CT molecular complexity index is 1190. The third-order valence-corrected chi connectivity index (χ3v) is 6.76. The molecule has 0 bridgehead atoms. The fraction of sp³-hybridized carbons (Fsp3) is 0.360. The van der Waals surface area contributed by atoms with Gasteiger partial charge in [0.15, 0.2) is 0 Å². The number of H-pyrrole nitrogens is 1. The quantitative estimate of drug-likeness (QED) is 0.309. The van der Waals surface area contributed by atoms with E-state index < -0.39 is 23.8 Å². The Labute approximate surface area is 212 Å². The number of aromatic amines is 1. The number of aliphatic hydroxyl groups excluding tert-OH is 1. The molecule has 11 heteroatoms. The highest BCUT2D eigenvalue weighted by Crippen LogP contribution is 2.27. The molecule has 190 valence electrons. The Hall–Kier alpha value is -3.34. The number of carboxylic acid groups (broad SMARTS) is 1. The number of nitrogens with one attached hydrogen (secondary N) is 2. The lowest BCUT2D eigenvalue weighted by molar-refractivity contribution is -0.144. The number of amides is 1. The van der Waals surface area contributed by atoms with Crippen LogP contribution in [0.25, 0.3) is 11.1 Å². The number of nitrogens with zero attached hydrogens (tertiary/aromatic N) is 3. The molecule has 1 fully saturated rings. The van der Waals surface area contributed by atoms with Gasteiger partial charge in [-0.05, 0) is 48.6 Å². The molecule has 9 nitrogen and oxygen atoms in total. The lowest BCUT2D eigenvalue weighted by atomic mass is 9.91. The summed E-state index contributed by atoms with van der Waals surface area (Å²) in [6, 6.07) is 11.0. The minimum Gasteiger partial charge on any atom is -0.481 e. The largest absolute Gasteiger partial charge is 0.481 e. The van der Waals surface area contributed by atoms with Crippen LogP contribution in [0.3, 0.4) is 0 Å². The van der Waals surface area contributed by atoms with Gasteiger partial charge in [-0.3, -0.25) is 19.6 Å². The Balaban J connectivity index is 1.51. The number of hydrogen-bond acceptors (Lipinski definition) is 6. The van der Waals surface area contributed by atoms with Gasteiger partial charge in [-0.1, -0.05) is 41.1 Å². The first-order chi connectivity index (χ1) is 17.3. The molecule has 0 saturated carbocycles. The lowest BCUT2D eigenvalue weighted by Gasteiger charge is -2.41. The highest BCUT2D eigenvalue weighted by molar-refractivity contribution is 6.30. The van der Waals surface area contributed by atoms with E-state index >= 15 is 0 Å². The number of carbonyl (C=O) groups excluding carboxylic acids is 1. The Morgan fingerprint density at radius 1 is 1.25 bits per heavy atom. The predicted octanol–water partition coefficient (Wildman–Crippen LogP) is 2.76. The predicted molar refractivity (Wildman–Crippen MR) is 131 cm³/mol. The summed E-state index contributed by atoms with van der Waals surface area (Å²) in [5.41, 5.74) is 2.04. The Kier molecular flexibility index (Phi) is 8.29. The second-order valence-electron chi connectivity index (χ2n) is 8.96. The van der Waals surface area contributed by atoms with Crippen molar-refractivity contribution in [1.82, 2.24) is 25.6 Å². The van der Waals surface area contributed by atoms with Gasteiger partial charge in [0.05, 0.1) is 18.7 Å². The van der Waals surface area contributed by atoms with Gasteiger partial charge in [0.1, 0.15) is 11.5 Å². The van der Waals surface area contributed by atoms with E-state index in [0.717, 1.165) is 18.5 Å². The van der Waals surface area contributed by atoms with Crippen LogP contribution in [0.15, 0.2) is 48.7 Å². The van der Waals surface area contributed by atoms with Crippen LogP contribution in [0.4, 0.5) is 4.39 Å². The summed E-state index contributed by atoms with van der Waals surface area (Å²) in [4.78, 5) is 26.7. The summed E-state index contributed by atoms with van der Waals surface area (Å²) in [6.07, 6.45) is 2.66. The number of rotatable bonds is 11. The maximum Gasteiger partial charge on any atom is 0.307 e. The molecule has 3 aromatic rings. The van der Waals surface area contributed by atoms with E-state index in [1.165, 1.54) is 18.3 Å². The van der Waals surface area contributed by atoms with Gasteiger partial charge < -0.3 is 15.5 Å². The van der Waals surface area contributed by atoms with Crippen molar-refractivity contribution in [1.29, 1.82) is 0 Å². The Morgan fingerprint density at radius 3 is 2.64 bits per heavy atom. The van der Waals surface area contributed by atoms with Gasteiger partial charge in [-0.25, -0.2) is 4.39 Å². The number of carbonyl (C=O) groups is 2. The number of hydrogen-bond donors (Lipinski definition) is 4. The van der Waals surface area contributed by atoms with Gasteiger partial charge in [0.25, 0.3) is 5.91 Å². The first-order valence-corrected chi connectivity index (χ1v) is 12.0. The van der Waals surface area contributed by atoms with E-state index in [1.807, 2.05) is 17.0 Å². The number of aliphatic hydroxyl groups is 1. The summed E-state index contributed by atoms with van der Waals surface area (Å²) < 4.78 is 14.3. The van der Waals surface area contributed by atoms with E-state index in [4.69, 9.17) is 11.6 Å². The first kappa shape index (κ1) is 25.7. The van der Waals surface area contributed by atoms with Crippen molar-refractivity contribution in [2.24, 2.45) is 5.92 Å². The van der Waals surface area contributed by atoms with Crippen molar-refractivity contribution < 1.29 is 24.2 Å². The lowest BCUT2D eigenvalue weighted by Crippen LogP contribution is -2.53. The molecule has 1 amide bonds. The third-order valence-electron chi connectivity index (χ3n) is 6.52. The number of carboxylic acids is 1. The number of benzene rings is 2. The number of likely N-dealkylation sites (tertiary alicyclic amines) is 1. The first-order valence-electron chi connectivity index (χ1n) is 11.6. The summed E-state index contributed by atoms with van der Waals surface area (Å²) in [5, 5.41) is 32.3. The zero-order valence-corrected chi connectivity index (χ0v) is 20.2. The van der Waals surface area contributed by atoms with Gasteiger partial charge in [0, 0.05) is 35.8 Å². The highest BCUT2D eigenvalue weighted by atomic mass is 35.5. The molecule has 0 aliphatic carbocycles. The molecule has 4 rings (SSSR count). The van der Waals surface area contributed by atoms with Crippen LogP contribution in [0, 0.1) is 11.7 Å². The molecule has 0 unspecified atom stereocenters. The standard InChI is InChI=1S/C25H27ClFN5O4/c26-18-5-6-22(27)21(11-18)16-3-1-15(2-4-16)9-19(29-24(34)23-12-28-31-30-23)10-17(25(35)36)13-32-8-7-20(32)14-33/h1-6,11-12,17,19-20,33H,7-10,13-14H2,(H,29,34)(H,35,36)(H,28,30,31)/t17-,19+,20-/m0/s1. The molecule has 0 spiro atoms. The molecule has 2 aromatic carbocycles. The second-order valence-corrected chi connectivity index (χ2v) is 9.39. The average molecular weight is 516 g/mol. The van der Waals surface area contributed by atoms with E-state index in [-0.39, 0.29) is 37.1 Å². The molecule has 0 radical (unpaired) electrons. The molecule has 4 N–H and O–H groups in total. The maximum absolute atomic E-state index is 14.3. The smallest absolute Gasteiger partial charge is 0.307 e. The molecule has 1 aliphatic heterocycles. The zero-order valence-electron chi connectivity index (χ0n) is 19.4. The molecule has 1 saturated heterocycles. The van der Waals surface area contributed by atoms with Crippen molar-refractivity contribution in [3.05, 3.63) is 70.8 Å². The Morgan fingerprint density at radius 2 is 2.03 bits per heavy atom. The number of halogens is 2. The zero-order chi connectivity index (χ0) is 25.7. The van der Waals surface area contributed by atoms with Crippen molar-refractivity contribution in [3.8, 4) is 11.1 Å². The van der Waals surface area contributed by atoms with Crippen LogP contribution in [0.1, 0.15) is 28.9 Å². The summed E-state index contributed by atoms with van der Waals surface area (Å²) in [7, 11) is 0. The number of aromatic nitrogens is 3. The summed E-state index contributed by atoms with van der Waals surface area (Å²) in [5.74, 6) is -2.54. The summed E-state index contributed by atoms with van der Waals surface area (Å²) >= 11 is 6.02. The second kappa shape index (κ2) is 11.6. The molecule has 36 heavy (non-hydrogen) atoms. The van der Waals surface area contributed by atoms with Crippen molar-refractivity contribution >= 4 is 23.5 Å². The van der Waals surface area contributed by atoms with E-state index in [9.17, 15) is 24.2 Å². The minimum absolute atomic E-state index is 0.0150. The molecule has 3 atom stereocenters. The summed E-state index contributed by atoms with van der Waals surface area (Å²) in [6.45, 7) is 0.998. The average Bonchev–Trinajstić information content (AvgIpc) is 3.38. The van der Waals surface area contributed by atoms with Crippen LogP contribution in [0.2, 0.25) is 5.02 Å².